The van der Waals surface area contributed by atoms with Crippen molar-refractivity contribution < 1.29 is 18.9 Å². The Morgan fingerprint density at radius 3 is 2.84 bits per heavy atom. The van der Waals surface area contributed by atoms with Crippen molar-refractivity contribution in [3.05, 3.63) is 41.7 Å². The number of nitrogens with one attached hydrogen (secondary N) is 1. The Balaban J connectivity index is 1.45. The predicted molar refractivity (Wildman–Crippen MR) is 91.9 cm³/mol. The lowest BCUT2D eigenvalue weighted by Crippen LogP contribution is -1.93. The molecular weight excluding hydrogens is 320 g/mol. The molecule has 1 aromatic heterocycles. The molecule has 5 rings (SSSR count). The number of H-pyrrole nitrogens is 1. The fourth-order valence-electron chi connectivity index (χ4n) is 3.54. The van der Waals surface area contributed by atoms with Crippen molar-refractivity contribution in [1.82, 2.24) is 9.97 Å². The molecule has 25 heavy (non-hydrogen) atoms. The van der Waals surface area contributed by atoms with E-state index in [9.17, 15) is 0 Å². The van der Waals surface area contributed by atoms with Crippen molar-refractivity contribution in [1.29, 1.82) is 0 Å². The molecule has 128 valence electrons. The van der Waals surface area contributed by atoms with E-state index >= 15 is 0 Å². The van der Waals surface area contributed by atoms with Gasteiger partial charge in [0.15, 0.2) is 11.5 Å². The number of methoxy groups -OCH3 is 2. The van der Waals surface area contributed by atoms with Crippen LogP contribution >= 0.6 is 0 Å². The molecule has 1 aliphatic heterocycles. The van der Waals surface area contributed by atoms with E-state index < -0.39 is 0 Å². The Morgan fingerprint density at radius 1 is 1.08 bits per heavy atom. The Kier molecular flexibility index (Phi) is 3.07. The van der Waals surface area contributed by atoms with Crippen molar-refractivity contribution in [3.8, 4) is 23.0 Å². The zero-order chi connectivity index (χ0) is 17.0. The van der Waals surface area contributed by atoms with Crippen LogP contribution in [0.3, 0.4) is 0 Å². The molecule has 0 amide bonds. The number of imidazole rings is 1. The molecule has 1 saturated carbocycles. The summed E-state index contributed by atoms with van der Waals surface area (Å²) in [6, 6.07) is 9.99. The Morgan fingerprint density at radius 2 is 2.00 bits per heavy atom. The van der Waals surface area contributed by atoms with E-state index in [4.69, 9.17) is 23.9 Å². The maximum Gasteiger partial charge on any atom is 0.231 e. The summed E-state index contributed by atoms with van der Waals surface area (Å²) < 4.78 is 21.7. The SMILES string of the molecule is COc1ccc2nc([C@H]3C[C@H]3c3cc(OC)c4c(c3)OCO4)[nH]c2c1. The van der Waals surface area contributed by atoms with E-state index in [-0.39, 0.29) is 6.79 Å². The van der Waals surface area contributed by atoms with E-state index in [0.717, 1.165) is 40.5 Å². The van der Waals surface area contributed by atoms with Crippen LogP contribution in [0.5, 0.6) is 23.0 Å². The largest absolute Gasteiger partial charge is 0.497 e. The van der Waals surface area contributed by atoms with Gasteiger partial charge < -0.3 is 23.9 Å². The fourth-order valence-corrected chi connectivity index (χ4v) is 3.54. The van der Waals surface area contributed by atoms with Gasteiger partial charge in [0.25, 0.3) is 0 Å². The van der Waals surface area contributed by atoms with E-state index in [0.29, 0.717) is 17.6 Å². The minimum absolute atomic E-state index is 0.245. The van der Waals surface area contributed by atoms with Crippen LogP contribution in [0.15, 0.2) is 30.3 Å². The number of benzene rings is 2. The van der Waals surface area contributed by atoms with Crippen molar-refractivity contribution in [2.24, 2.45) is 0 Å². The number of hydrogen-bond donors (Lipinski definition) is 1. The first-order valence-electron chi connectivity index (χ1n) is 8.28. The molecule has 2 heterocycles. The molecule has 2 atom stereocenters. The maximum atomic E-state index is 5.53. The Hall–Kier alpha value is -2.89. The quantitative estimate of drug-likeness (QED) is 0.788. The first kappa shape index (κ1) is 14.5. The second-order valence-corrected chi connectivity index (χ2v) is 6.41. The van der Waals surface area contributed by atoms with Gasteiger partial charge in [0.05, 0.1) is 25.3 Å². The van der Waals surface area contributed by atoms with Gasteiger partial charge in [-0.1, -0.05) is 0 Å². The van der Waals surface area contributed by atoms with Crippen LogP contribution in [0.25, 0.3) is 11.0 Å². The highest BCUT2D eigenvalue weighted by Crippen LogP contribution is 2.56. The summed E-state index contributed by atoms with van der Waals surface area (Å²) in [6.45, 7) is 0.245. The second kappa shape index (κ2) is 5.31. The summed E-state index contributed by atoms with van der Waals surface area (Å²) in [6.07, 6.45) is 1.06. The molecule has 6 nitrogen and oxygen atoms in total. The summed E-state index contributed by atoms with van der Waals surface area (Å²) >= 11 is 0. The summed E-state index contributed by atoms with van der Waals surface area (Å²) in [4.78, 5) is 8.18. The highest BCUT2D eigenvalue weighted by molar-refractivity contribution is 5.77. The molecular formula is C19H18N2O4. The summed E-state index contributed by atoms with van der Waals surface area (Å²) in [5, 5.41) is 0. The van der Waals surface area contributed by atoms with E-state index in [2.05, 4.69) is 11.1 Å². The third-order valence-electron chi connectivity index (χ3n) is 4.96. The third-order valence-corrected chi connectivity index (χ3v) is 4.96. The van der Waals surface area contributed by atoms with Gasteiger partial charge in [-0.15, -0.1) is 0 Å². The van der Waals surface area contributed by atoms with Crippen LogP contribution in [0.1, 0.15) is 29.6 Å². The minimum atomic E-state index is 0.245. The Bertz CT molecular complexity index is 965. The first-order valence-corrected chi connectivity index (χ1v) is 8.28. The molecule has 2 aliphatic rings. The van der Waals surface area contributed by atoms with Crippen molar-refractivity contribution in [2.45, 2.75) is 18.3 Å². The predicted octanol–water partition coefficient (Wildman–Crippen LogP) is 3.58. The zero-order valence-corrected chi connectivity index (χ0v) is 14.0. The van der Waals surface area contributed by atoms with Gasteiger partial charge in [-0.05, 0) is 42.2 Å². The lowest BCUT2D eigenvalue weighted by atomic mass is 10.1. The fraction of sp³-hybridized carbons (Fsp3) is 0.316. The molecule has 1 N–H and O–H groups in total. The topological polar surface area (TPSA) is 65.6 Å². The van der Waals surface area contributed by atoms with Gasteiger partial charge in [-0.25, -0.2) is 4.98 Å². The third kappa shape index (κ3) is 2.28. The number of rotatable bonds is 4. The first-order chi connectivity index (χ1) is 12.3. The smallest absolute Gasteiger partial charge is 0.231 e. The average molecular weight is 338 g/mol. The molecule has 0 radical (unpaired) electrons. The van der Waals surface area contributed by atoms with Gasteiger partial charge in [-0.2, -0.15) is 0 Å². The van der Waals surface area contributed by atoms with Crippen LogP contribution < -0.4 is 18.9 Å². The number of fused-ring (bicyclic) bond motifs is 2. The van der Waals surface area contributed by atoms with Crippen LogP contribution in [0.2, 0.25) is 0 Å². The number of ether oxygens (including phenoxy) is 4. The second-order valence-electron chi connectivity index (χ2n) is 6.41. The standard InChI is InChI=1S/C19H18N2O4/c1-22-11-3-4-14-15(7-11)21-19(20-14)13-8-12(13)10-5-16(23-2)18-17(6-10)24-9-25-18/h3-7,12-13H,8-9H2,1-2H3,(H,20,21)/t12-,13-/m0/s1. The van der Waals surface area contributed by atoms with Crippen LogP contribution in [-0.4, -0.2) is 31.0 Å². The van der Waals surface area contributed by atoms with Crippen LogP contribution in [-0.2, 0) is 0 Å². The molecule has 0 spiro atoms. The minimum Gasteiger partial charge on any atom is -0.497 e. The van der Waals surface area contributed by atoms with Gasteiger partial charge in [0.1, 0.15) is 11.6 Å². The zero-order valence-electron chi connectivity index (χ0n) is 14.0. The number of nitrogens with zero attached hydrogens (tertiary/aromatic N) is 1. The van der Waals surface area contributed by atoms with Gasteiger partial charge in [0.2, 0.25) is 12.5 Å². The Labute approximate surface area is 144 Å². The van der Waals surface area contributed by atoms with Crippen LogP contribution in [0.4, 0.5) is 0 Å². The lowest BCUT2D eigenvalue weighted by molar-refractivity contribution is 0.171. The normalized spacial score (nSPS) is 20.7. The monoisotopic (exact) mass is 338 g/mol. The van der Waals surface area contributed by atoms with Crippen LogP contribution in [0, 0.1) is 0 Å². The number of aromatic nitrogens is 2. The van der Waals surface area contributed by atoms with Gasteiger partial charge in [-0.3, -0.25) is 0 Å². The summed E-state index contributed by atoms with van der Waals surface area (Å²) in [7, 11) is 3.32. The molecule has 6 heteroatoms. The molecule has 1 aliphatic carbocycles. The molecule has 0 unspecified atom stereocenters. The maximum absolute atomic E-state index is 5.53. The van der Waals surface area contributed by atoms with Gasteiger partial charge >= 0.3 is 0 Å². The lowest BCUT2D eigenvalue weighted by Gasteiger charge is -2.07. The summed E-state index contributed by atoms with van der Waals surface area (Å²) in [5.41, 5.74) is 3.16. The molecule has 0 bridgehead atoms. The van der Waals surface area contributed by atoms with E-state index in [1.165, 1.54) is 5.56 Å². The van der Waals surface area contributed by atoms with Crippen molar-refractivity contribution in [3.63, 3.8) is 0 Å². The molecule has 0 saturated heterocycles. The van der Waals surface area contributed by atoms with E-state index in [1.54, 1.807) is 14.2 Å². The number of hydrogen-bond acceptors (Lipinski definition) is 5. The highest BCUT2D eigenvalue weighted by atomic mass is 16.7. The summed E-state index contributed by atoms with van der Waals surface area (Å²) in [5.74, 6) is 4.81. The molecule has 1 fully saturated rings. The highest BCUT2D eigenvalue weighted by Gasteiger charge is 2.43. The van der Waals surface area contributed by atoms with Crippen molar-refractivity contribution in [2.75, 3.05) is 21.0 Å². The van der Waals surface area contributed by atoms with E-state index in [1.807, 2.05) is 24.3 Å². The average Bonchev–Trinajstić information content (AvgIpc) is 3.11. The van der Waals surface area contributed by atoms with Gasteiger partial charge in [0, 0.05) is 12.0 Å². The molecule has 2 aromatic carbocycles. The van der Waals surface area contributed by atoms with Crippen molar-refractivity contribution >= 4 is 11.0 Å². The molecule has 3 aromatic rings. The number of aromatic amines is 1.